The Kier molecular flexibility index (Phi) is 4.78. The lowest BCUT2D eigenvalue weighted by Gasteiger charge is -2.11. The summed E-state index contributed by atoms with van der Waals surface area (Å²) in [6.07, 6.45) is 2.66. The van der Waals surface area contributed by atoms with Crippen LogP contribution in [-0.4, -0.2) is 33.8 Å². The average Bonchev–Trinajstić information content (AvgIpc) is 3.13. The van der Waals surface area contributed by atoms with Gasteiger partial charge >= 0.3 is 6.01 Å². The van der Waals surface area contributed by atoms with Gasteiger partial charge in [0.1, 0.15) is 5.82 Å². The smallest absolute Gasteiger partial charge is 0.318 e. The number of hydrogen-bond acceptors (Lipinski definition) is 6. The van der Waals surface area contributed by atoms with Crippen LogP contribution in [0.4, 0.5) is 6.01 Å². The second-order valence-electron chi connectivity index (χ2n) is 5.43. The maximum absolute atomic E-state index is 5.99. The number of benzene rings is 1. The van der Waals surface area contributed by atoms with Crippen molar-refractivity contribution in [1.29, 1.82) is 0 Å². The molecule has 7 nitrogen and oxygen atoms in total. The monoisotopic (exact) mass is 334 g/mol. The Morgan fingerprint density at radius 2 is 2.17 bits per heavy atom. The Labute approximate surface area is 138 Å². The largest absolute Gasteiger partial charge is 0.408 e. The lowest BCUT2D eigenvalue weighted by molar-refractivity contribution is 0.478. The second-order valence-corrected chi connectivity index (χ2v) is 5.86. The summed E-state index contributed by atoms with van der Waals surface area (Å²) >= 11 is 5.99. The molecule has 122 valence electrons. The number of aryl methyl sites for hydroxylation is 1. The second kappa shape index (κ2) is 6.97. The van der Waals surface area contributed by atoms with E-state index in [2.05, 4.69) is 20.2 Å². The van der Waals surface area contributed by atoms with E-state index in [4.69, 9.17) is 21.8 Å². The lowest BCUT2D eigenvalue weighted by Crippen LogP contribution is -2.17. The van der Waals surface area contributed by atoms with Gasteiger partial charge in [-0.05, 0) is 37.6 Å². The Hall–Kier alpha value is -2.12. The summed E-state index contributed by atoms with van der Waals surface area (Å²) in [5, 5.41) is 8.81. The fourth-order valence-corrected chi connectivity index (χ4v) is 2.49. The van der Waals surface area contributed by atoms with Crippen molar-refractivity contribution in [1.82, 2.24) is 20.2 Å². The Morgan fingerprint density at radius 3 is 3.00 bits per heavy atom. The van der Waals surface area contributed by atoms with Gasteiger partial charge in [-0.1, -0.05) is 16.7 Å². The fraction of sp³-hybridized carbons (Fsp3) is 0.400. The number of unbranched alkanes of at least 4 members (excludes halogenated alkanes) is 1. The molecule has 23 heavy (non-hydrogen) atoms. The maximum Gasteiger partial charge on any atom is 0.318 e. The number of halogens is 1. The van der Waals surface area contributed by atoms with E-state index in [0.29, 0.717) is 30.0 Å². The molecule has 0 aliphatic rings. The Bertz CT molecular complexity index is 783. The van der Waals surface area contributed by atoms with Crippen LogP contribution in [0.5, 0.6) is 0 Å². The number of nitrogens with two attached hydrogens (primary N) is 1. The summed E-state index contributed by atoms with van der Waals surface area (Å²) in [5.74, 6) is 1.45. The van der Waals surface area contributed by atoms with Crippen molar-refractivity contribution >= 4 is 28.6 Å². The molecule has 3 rings (SSSR count). The van der Waals surface area contributed by atoms with E-state index in [-0.39, 0.29) is 0 Å². The molecule has 2 heterocycles. The third-order valence-electron chi connectivity index (χ3n) is 3.51. The van der Waals surface area contributed by atoms with Gasteiger partial charge in [0.2, 0.25) is 5.89 Å². The summed E-state index contributed by atoms with van der Waals surface area (Å²) in [6, 6.07) is 6.05. The fourth-order valence-electron chi connectivity index (χ4n) is 2.32. The zero-order chi connectivity index (χ0) is 16.2. The van der Waals surface area contributed by atoms with Gasteiger partial charge < -0.3 is 20.0 Å². The first kappa shape index (κ1) is 15.8. The van der Waals surface area contributed by atoms with Gasteiger partial charge in [-0.3, -0.25) is 0 Å². The summed E-state index contributed by atoms with van der Waals surface area (Å²) in [6.45, 7) is 1.22. The highest BCUT2D eigenvalue weighted by Crippen LogP contribution is 2.19. The standard InChI is InChI=1S/C15H19ClN6O/c1-22(15-21-20-14(23-15)4-2-3-7-17)9-13-18-11-6-5-10(16)8-12(11)19-13/h5-6,8H,2-4,7,9,17H2,1H3,(H,18,19). The van der Waals surface area contributed by atoms with Crippen LogP contribution in [-0.2, 0) is 13.0 Å². The van der Waals surface area contributed by atoms with Crippen molar-refractivity contribution in [3.8, 4) is 0 Å². The third kappa shape index (κ3) is 3.80. The van der Waals surface area contributed by atoms with Crippen LogP contribution < -0.4 is 10.6 Å². The van der Waals surface area contributed by atoms with E-state index in [1.165, 1.54) is 0 Å². The molecule has 0 saturated heterocycles. The first-order chi connectivity index (χ1) is 11.2. The lowest BCUT2D eigenvalue weighted by atomic mass is 10.2. The van der Waals surface area contributed by atoms with Gasteiger partial charge in [0.25, 0.3) is 0 Å². The minimum Gasteiger partial charge on any atom is -0.408 e. The van der Waals surface area contributed by atoms with Crippen LogP contribution in [0.15, 0.2) is 22.6 Å². The first-order valence-corrected chi connectivity index (χ1v) is 7.91. The molecule has 2 aromatic heterocycles. The molecule has 0 amide bonds. The number of H-pyrrole nitrogens is 1. The van der Waals surface area contributed by atoms with Crippen LogP contribution in [0.1, 0.15) is 24.6 Å². The molecule has 3 N–H and O–H groups in total. The van der Waals surface area contributed by atoms with Gasteiger partial charge in [0.15, 0.2) is 0 Å². The molecule has 0 aliphatic heterocycles. The predicted octanol–water partition coefficient (Wildman–Crippen LogP) is 2.52. The molecular formula is C15H19ClN6O. The number of fused-ring (bicyclic) bond motifs is 1. The van der Waals surface area contributed by atoms with E-state index in [0.717, 1.165) is 36.1 Å². The number of hydrogen-bond donors (Lipinski definition) is 2. The highest BCUT2D eigenvalue weighted by molar-refractivity contribution is 6.31. The zero-order valence-corrected chi connectivity index (χ0v) is 13.7. The van der Waals surface area contributed by atoms with Gasteiger partial charge in [-0.2, -0.15) is 0 Å². The van der Waals surface area contributed by atoms with Crippen molar-refractivity contribution in [2.24, 2.45) is 5.73 Å². The maximum atomic E-state index is 5.99. The van der Waals surface area contributed by atoms with Crippen molar-refractivity contribution in [2.45, 2.75) is 25.8 Å². The van der Waals surface area contributed by atoms with E-state index in [9.17, 15) is 0 Å². The molecule has 0 atom stereocenters. The number of aromatic amines is 1. The zero-order valence-electron chi connectivity index (χ0n) is 12.9. The number of imidazole rings is 1. The number of anilines is 1. The minimum absolute atomic E-state index is 0.478. The number of nitrogens with one attached hydrogen (secondary N) is 1. The van der Waals surface area contributed by atoms with Crippen LogP contribution >= 0.6 is 11.6 Å². The van der Waals surface area contributed by atoms with Gasteiger partial charge in [-0.15, -0.1) is 5.10 Å². The number of rotatable bonds is 7. The van der Waals surface area contributed by atoms with Crippen LogP contribution in [0, 0.1) is 0 Å². The molecule has 0 spiro atoms. The third-order valence-corrected chi connectivity index (χ3v) is 3.74. The SMILES string of the molecule is CN(Cc1nc2ccc(Cl)cc2[nH]1)c1nnc(CCCCN)o1. The van der Waals surface area contributed by atoms with Crippen molar-refractivity contribution in [2.75, 3.05) is 18.5 Å². The first-order valence-electron chi connectivity index (χ1n) is 7.53. The molecule has 0 saturated carbocycles. The molecular weight excluding hydrogens is 316 g/mol. The van der Waals surface area contributed by atoms with Crippen molar-refractivity contribution in [3.63, 3.8) is 0 Å². The van der Waals surface area contributed by atoms with Gasteiger partial charge in [0, 0.05) is 18.5 Å². The molecule has 0 unspecified atom stereocenters. The highest BCUT2D eigenvalue weighted by Gasteiger charge is 2.13. The van der Waals surface area contributed by atoms with Crippen molar-refractivity contribution in [3.05, 3.63) is 34.9 Å². The highest BCUT2D eigenvalue weighted by atomic mass is 35.5. The van der Waals surface area contributed by atoms with E-state index in [1.807, 2.05) is 30.1 Å². The summed E-state index contributed by atoms with van der Waals surface area (Å²) in [5.41, 5.74) is 7.27. The topological polar surface area (TPSA) is 96.9 Å². The van der Waals surface area contributed by atoms with Crippen LogP contribution in [0.25, 0.3) is 11.0 Å². The molecule has 0 bridgehead atoms. The number of aromatic nitrogens is 4. The normalized spacial score (nSPS) is 11.3. The van der Waals surface area contributed by atoms with E-state index >= 15 is 0 Å². The van der Waals surface area contributed by atoms with E-state index < -0.39 is 0 Å². The Morgan fingerprint density at radius 1 is 1.30 bits per heavy atom. The van der Waals surface area contributed by atoms with E-state index in [1.54, 1.807) is 0 Å². The van der Waals surface area contributed by atoms with Gasteiger partial charge in [0.05, 0.1) is 17.6 Å². The van der Waals surface area contributed by atoms with Gasteiger partial charge in [-0.25, -0.2) is 4.98 Å². The summed E-state index contributed by atoms with van der Waals surface area (Å²) in [7, 11) is 1.89. The number of nitrogens with zero attached hydrogens (tertiary/aromatic N) is 4. The minimum atomic E-state index is 0.478. The average molecular weight is 335 g/mol. The molecule has 3 aromatic rings. The molecule has 0 fully saturated rings. The predicted molar refractivity (Wildman–Crippen MR) is 89.5 cm³/mol. The van der Waals surface area contributed by atoms with Crippen molar-refractivity contribution < 1.29 is 4.42 Å². The summed E-state index contributed by atoms with van der Waals surface area (Å²) < 4.78 is 5.66. The van der Waals surface area contributed by atoms with Crippen LogP contribution in [0.3, 0.4) is 0 Å². The molecule has 0 aliphatic carbocycles. The summed E-state index contributed by atoms with van der Waals surface area (Å²) in [4.78, 5) is 9.63. The quantitative estimate of drug-likeness (QED) is 0.644. The molecule has 0 radical (unpaired) electrons. The van der Waals surface area contributed by atoms with Crippen LogP contribution in [0.2, 0.25) is 5.02 Å². The molecule has 8 heteroatoms. The molecule has 1 aromatic carbocycles. The Balaban J connectivity index is 1.66.